The lowest BCUT2D eigenvalue weighted by Gasteiger charge is -2.14. The predicted octanol–water partition coefficient (Wildman–Crippen LogP) is 2.08. The third-order valence-electron chi connectivity index (χ3n) is 4.14. The van der Waals surface area contributed by atoms with E-state index in [1.165, 1.54) is 6.42 Å². The Morgan fingerprint density at radius 2 is 2.35 bits per heavy atom. The third-order valence-corrected chi connectivity index (χ3v) is 4.14. The lowest BCUT2D eigenvalue weighted by atomic mass is 10.1. The summed E-state index contributed by atoms with van der Waals surface area (Å²) >= 11 is 0. The average molecular weight is 273 g/mol. The van der Waals surface area contributed by atoms with Gasteiger partial charge in [0.25, 0.3) is 0 Å². The summed E-state index contributed by atoms with van der Waals surface area (Å²) in [6.45, 7) is 6.48. The van der Waals surface area contributed by atoms with Crippen molar-refractivity contribution in [2.75, 3.05) is 19.6 Å². The van der Waals surface area contributed by atoms with E-state index in [0.29, 0.717) is 11.5 Å². The number of carboxylic acids is 1. The SMILES string of the molecule is CCN1CCC(Cn2cnc3ccc(C(=O)O)cc32)C1. The van der Waals surface area contributed by atoms with Crippen molar-refractivity contribution < 1.29 is 9.90 Å². The molecular formula is C15H19N3O2. The van der Waals surface area contributed by atoms with Crippen LogP contribution in [0.15, 0.2) is 24.5 Å². The number of fused-ring (bicyclic) bond motifs is 1. The average Bonchev–Trinajstić information content (AvgIpc) is 3.06. The smallest absolute Gasteiger partial charge is 0.335 e. The van der Waals surface area contributed by atoms with E-state index in [4.69, 9.17) is 5.11 Å². The Balaban J connectivity index is 1.84. The number of hydrogen-bond donors (Lipinski definition) is 1. The zero-order valence-corrected chi connectivity index (χ0v) is 11.6. The third kappa shape index (κ3) is 2.41. The monoisotopic (exact) mass is 273 g/mol. The van der Waals surface area contributed by atoms with Gasteiger partial charge in [-0.1, -0.05) is 6.92 Å². The van der Waals surface area contributed by atoms with E-state index in [1.807, 2.05) is 6.33 Å². The van der Waals surface area contributed by atoms with Crippen molar-refractivity contribution in [1.29, 1.82) is 0 Å². The first-order chi connectivity index (χ1) is 9.67. The molecule has 2 heterocycles. The molecule has 3 rings (SSSR count). The van der Waals surface area contributed by atoms with Crippen LogP contribution in [0.4, 0.5) is 0 Å². The Hall–Kier alpha value is -1.88. The molecule has 1 N–H and O–H groups in total. The van der Waals surface area contributed by atoms with Gasteiger partial charge in [-0.05, 0) is 43.6 Å². The van der Waals surface area contributed by atoms with Gasteiger partial charge in [-0.25, -0.2) is 9.78 Å². The van der Waals surface area contributed by atoms with Gasteiger partial charge in [0.05, 0.1) is 22.9 Å². The van der Waals surface area contributed by atoms with Gasteiger partial charge in [-0.3, -0.25) is 0 Å². The summed E-state index contributed by atoms with van der Waals surface area (Å²) in [5.74, 6) is -0.265. The molecule has 20 heavy (non-hydrogen) atoms. The Kier molecular flexibility index (Phi) is 3.44. The molecular weight excluding hydrogens is 254 g/mol. The van der Waals surface area contributed by atoms with Gasteiger partial charge in [0.2, 0.25) is 0 Å². The molecule has 106 valence electrons. The van der Waals surface area contributed by atoms with Crippen LogP contribution in [0.25, 0.3) is 11.0 Å². The number of benzene rings is 1. The molecule has 5 nitrogen and oxygen atoms in total. The fourth-order valence-electron chi connectivity index (χ4n) is 2.96. The molecule has 1 aromatic heterocycles. The first-order valence-electron chi connectivity index (χ1n) is 7.08. The first-order valence-corrected chi connectivity index (χ1v) is 7.08. The van der Waals surface area contributed by atoms with Crippen LogP contribution in [0.3, 0.4) is 0 Å². The predicted molar refractivity (Wildman–Crippen MR) is 76.9 cm³/mol. The van der Waals surface area contributed by atoms with E-state index < -0.39 is 5.97 Å². The van der Waals surface area contributed by atoms with E-state index in [9.17, 15) is 4.79 Å². The van der Waals surface area contributed by atoms with Gasteiger partial charge in [0, 0.05) is 13.1 Å². The minimum absolute atomic E-state index is 0.320. The molecule has 2 aromatic rings. The van der Waals surface area contributed by atoms with Crippen LogP contribution in [-0.4, -0.2) is 45.2 Å². The van der Waals surface area contributed by atoms with Crippen LogP contribution in [0, 0.1) is 5.92 Å². The molecule has 1 atom stereocenters. The number of likely N-dealkylation sites (tertiary alicyclic amines) is 1. The summed E-state index contributed by atoms with van der Waals surface area (Å²) in [6, 6.07) is 5.11. The molecule has 1 unspecified atom stereocenters. The van der Waals surface area contributed by atoms with Gasteiger partial charge < -0.3 is 14.6 Å². The molecule has 0 spiro atoms. The summed E-state index contributed by atoms with van der Waals surface area (Å²) in [6.07, 6.45) is 3.02. The zero-order chi connectivity index (χ0) is 14.1. The van der Waals surface area contributed by atoms with Gasteiger partial charge in [0.1, 0.15) is 0 Å². The largest absolute Gasteiger partial charge is 0.478 e. The van der Waals surface area contributed by atoms with Gasteiger partial charge >= 0.3 is 5.97 Å². The van der Waals surface area contributed by atoms with Crippen molar-refractivity contribution in [1.82, 2.24) is 14.5 Å². The molecule has 0 aliphatic carbocycles. The molecule has 1 saturated heterocycles. The fraction of sp³-hybridized carbons (Fsp3) is 0.467. The summed E-state index contributed by atoms with van der Waals surface area (Å²) in [5, 5.41) is 9.09. The maximum atomic E-state index is 11.1. The summed E-state index contributed by atoms with van der Waals surface area (Å²) in [4.78, 5) is 17.9. The number of nitrogens with zero attached hydrogens (tertiary/aromatic N) is 3. The number of carbonyl (C=O) groups is 1. The number of aromatic carboxylic acids is 1. The highest BCUT2D eigenvalue weighted by Gasteiger charge is 2.22. The Morgan fingerprint density at radius 3 is 3.05 bits per heavy atom. The van der Waals surface area contributed by atoms with Crippen molar-refractivity contribution in [3.63, 3.8) is 0 Å². The Labute approximate surface area is 117 Å². The summed E-state index contributed by atoms with van der Waals surface area (Å²) in [7, 11) is 0. The van der Waals surface area contributed by atoms with Gasteiger partial charge in [-0.15, -0.1) is 0 Å². The first kappa shape index (κ1) is 13.1. The highest BCUT2D eigenvalue weighted by atomic mass is 16.4. The molecule has 1 aromatic carbocycles. The lowest BCUT2D eigenvalue weighted by molar-refractivity contribution is 0.0697. The number of hydrogen-bond acceptors (Lipinski definition) is 3. The molecule has 0 radical (unpaired) electrons. The van der Waals surface area contributed by atoms with Crippen molar-refractivity contribution in [2.24, 2.45) is 5.92 Å². The Morgan fingerprint density at radius 1 is 1.50 bits per heavy atom. The van der Waals surface area contributed by atoms with Crippen molar-refractivity contribution in [3.8, 4) is 0 Å². The highest BCUT2D eigenvalue weighted by Crippen LogP contribution is 2.21. The molecule has 0 bridgehead atoms. The van der Waals surface area contributed by atoms with E-state index in [-0.39, 0.29) is 0 Å². The maximum absolute atomic E-state index is 11.1. The Bertz CT molecular complexity index is 635. The molecule has 1 aliphatic heterocycles. The van der Waals surface area contributed by atoms with Crippen LogP contribution >= 0.6 is 0 Å². The topological polar surface area (TPSA) is 58.4 Å². The second kappa shape index (κ2) is 5.25. The van der Waals surface area contributed by atoms with Crippen LogP contribution in [0.5, 0.6) is 0 Å². The van der Waals surface area contributed by atoms with Gasteiger partial charge in [-0.2, -0.15) is 0 Å². The minimum atomic E-state index is -0.891. The standard InChI is InChI=1S/C15H19N3O2/c1-2-17-6-5-11(8-17)9-18-10-16-13-4-3-12(15(19)20)7-14(13)18/h3-4,7,10-11H,2,5-6,8-9H2,1H3,(H,19,20). The van der Waals surface area contributed by atoms with Crippen LogP contribution in [-0.2, 0) is 6.54 Å². The van der Waals surface area contributed by atoms with E-state index in [2.05, 4.69) is 21.4 Å². The van der Waals surface area contributed by atoms with Gasteiger partial charge in [0.15, 0.2) is 0 Å². The van der Waals surface area contributed by atoms with Crippen LogP contribution < -0.4 is 0 Å². The van der Waals surface area contributed by atoms with E-state index in [0.717, 1.165) is 37.2 Å². The lowest BCUT2D eigenvalue weighted by Crippen LogP contribution is -2.21. The normalized spacial score (nSPS) is 19.8. The van der Waals surface area contributed by atoms with Crippen molar-refractivity contribution >= 4 is 17.0 Å². The zero-order valence-electron chi connectivity index (χ0n) is 11.6. The summed E-state index contributed by atoms with van der Waals surface area (Å²) in [5.41, 5.74) is 2.10. The molecule has 0 amide bonds. The second-order valence-corrected chi connectivity index (χ2v) is 5.45. The number of aromatic nitrogens is 2. The van der Waals surface area contributed by atoms with Crippen LogP contribution in [0.2, 0.25) is 0 Å². The van der Waals surface area contributed by atoms with E-state index >= 15 is 0 Å². The maximum Gasteiger partial charge on any atom is 0.335 e. The summed E-state index contributed by atoms with van der Waals surface area (Å²) < 4.78 is 2.09. The molecule has 5 heteroatoms. The van der Waals surface area contributed by atoms with Crippen molar-refractivity contribution in [2.45, 2.75) is 19.9 Å². The fourth-order valence-corrected chi connectivity index (χ4v) is 2.96. The highest BCUT2D eigenvalue weighted by molar-refractivity contribution is 5.92. The number of carboxylic acid groups (broad SMARTS) is 1. The number of imidazole rings is 1. The van der Waals surface area contributed by atoms with Crippen LogP contribution in [0.1, 0.15) is 23.7 Å². The second-order valence-electron chi connectivity index (χ2n) is 5.45. The number of rotatable bonds is 4. The molecule has 1 aliphatic rings. The van der Waals surface area contributed by atoms with E-state index in [1.54, 1.807) is 18.2 Å². The minimum Gasteiger partial charge on any atom is -0.478 e. The quantitative estimate of drug-likeness (QED) is 0.926. The van der Waals surface area contributed by atoms with Crippen molar-refractivity contribution in [3.05, 3.63) is 30.1 Å². The molecule has 0 saturated carbocycles. The molecule has 1 fully saturated rings.